The van der Waals surface area contributed by atoms with E-state index in [2.05, 4.69) is 6.07 Å². The third-order valence-electron chi connectivity index (χ3n) is 3.87. The maximum Gasteiger partial charge on any atom is 0.161 e. The highest BCUT2D eigenvalue weighted by Gasteiger charge is 2.21. The Balaban J connectivity index is 2.11. The van der Waals surface area contributed by atoms with Crippen molar-refractivity contribution in [1.82, 2.24) is 0 Å². The summed E-state index contributed by atoms with van der Waals surface area (Å²) in [4.78, 5) is 1.46. The summed E-state index contributed by atoms with van der Waals surface area (Å²) >= 11 is 1.74. The Morgan fingerprint density at radius 1 is 1.05 bits per heavy atom. The second-order valence-electron chi connectivity index (χ2n) is 5.02. The molecule has 1 aromatic carbocycles. The van der Waals surface area contributed by atoms with Crippen molar-refractivity contribution in [1.29, 1.82) is 0 Å². The molecule has 0 fully saturated rings. The number of anilines is 1. The van der Waals surface area contributed by atoms with Crippen molar-refractivity contribution in [3.63, 3.8) is 0 Å². The van der Waals surface area contributed by atoms with Gasteiger partial charge >= 0.3 is 0 Å². The summed E-state index contributed by atoms with van der Waals surface area (Å²) < 4.78 is 10.7. The topological polar surface area (TPSA) is 44.5 Å². The summed E-state index contributed by atoms with van der Waals surface area (Å²) in [6, 6.07) is 6.03. The number of ether oxygens (including phenoxy) is 2. The molecule has 20 heavy (non-hydrogen) atoms. The van der Waals surface area contributed by atoms with Gasteiger partial charge in [-0.25, -0.2) is 0 Å². The zero-order valence-electron chi connectivity index (χ0n) is 11.9. The molecule has 3 rings (SSSR count). The fourth-order valence-electron chi connectivity index (χ4n) is 2.90. The van der Waals surface area contributed by atoms with Gasteiger partial charge in [0.05, 0.1) is 19.2 Å². The van der Waals surface area contributed by atoms with Crippen LogP contribution in [0.25, 0.3) is 11.1 Å². The number of thiophene rings is 1. The van der Waals surface area contributed by atoms with Crippen LogP contribution in [0, 0.1) is 0 Å². The van der Waals surface area contributed by atoms with Crippen LogP contribution >= 0.6 is 11.3 Å². The van der Waals surface area contributed by atoms with Gasteiger partial charge in [0.2, 0.25) is 0 Å². The molecular formula is C16H19NO2S. The van der Waals surface area contributed by atoms with Gasteiger partial charge in [-0.15, -0.1) is 11.3 Å². The van der Waals surface area contributed by atoms with Crippen molar-refractivity contribution in [2.75, 3.05) is 20.0 Å². The molecule has 1 aliphatic carbocycles. The average Bonchev–Trinajstić information content (AvgIpc) is 2.82. The zero-order valence-corrected chi connectivity index (χ0v) is 12.7. The van der Waals surface area contributed by atoms with E-state index in [0.717, 1.165) is 34.9 Å². The third-order valence-corrected chi connectivity index (χ3v) is 4.99. The van der Waals surface area contributed by atoms with Crippen LogP contribution in [0.1, 0.15) is 23.3 Å². The first kappa shape index (κ1) is 13.3. The monoisotopic (exact) mass is 289 g/mol. The molecule has 0 aliphatic heterocycles. The van der Waals surface area contributed by atoms with Crippen LogP contribution in [0.15, 0.2) is 18.2 Å². The molecule has 3 nitrogen and oxygen atoms in total. The Labute approximate surface area is 123 Å². The molecular weight excluding hydrogens is 270 g/mol. The molecule has 0 spiro atoms. The first-order chi connectivity index (χ1) is 9.74. The highest BCUT2D eigenvalue weighted by atomic mass is 32.1. The Hall–Kier alpha value is -1.68. The molecule has 0 atom stereocenters. The summed E-state index contributed by atoms with van der Waals surface area (Å²) in [7, 11) is 3.31. The van der Waals surface area contributed by atoms with Crippen LogP contribution in [0.5, 0.6) is 11.5 Å². The summed E-state index contributed by atoms with van der Waals surface area (Å²) in [6.07, 6.45) is 4.83. The third kappa shape index (κ3) is 2.14. The number of methoxy groups -OCH3 is 2. The fourth-order valence-corrected chi connectivity index (χ4v) is 4.08. The molecule has 1 heterocycles. The number of nitrogens with two attached hydrogens (primary N) is 1. The maximum atomic E-state index is 6.26. The molecule has 0 saturated heterocycles. The molecule has 0 radical (unpaired) electrons. The lowest BCUT2D eigenvalue weighted by Crippen LogP contribution is -2.00. The second-order valence-corrected chi connectivity index (χ2v) is 6.16. The van der Waals surface area contributed by atoms with E-state index in [9.17, 15) is 0 Å². The highest BCUT2D eigenvalue weighted by molar-refractivity contribution is 7.16. The largest absolute Gasteiger partial charge is 0.493 e. The van der Waals surface area contributed by atoms with Crippen molar-refractivity contribution in [2.45, 2.75) is 25.7 Å². The van der Waals surface area contributed by atoms with E-state index in [1.54, 1.807) is 25.6 Å². The van der Waals surface area contributed by atoms with Gasteiger partial charge in [-0.1, -0.05) is 6.07 Å². The predicted molar refractivity (Wildman–Crippen MR) is 83.9 cm³/mol. The van der Waals surface area contributed by atoms with Gasteiger partial charge in [-0.3, -0.25) is 0 Å². The van der Waals surface area contributed by atoms with Crippen molar-refractivity contribution in [2.24, 2.45) is 0 Å². The zero-order chi connectivity index (χ0) is 14.1. The van der Waals surface area contributed by atoms with E-state index in [1.807, 2.05) is 12.1 Å². The van der Waals surface area contributed by atoms with Gasteiger partial charge in [0.1, 0.15) is 0 Å². The van der Waals surface area contributed by atoms with E-state index < -0.39 is 0 Å². The van der Waals surface area contributed by atoms with Gasteiger partial charge in [0.25, 0.3) is 0 Å². The van der Waals surface area contributed by atoms with E-state index in [-0.39, 0.29) is 0 Å². The van der Waals surface area contributed by atoms with Gasteiger partial charge in [0.15, 0.2) is 11.5 Å². The standard InChI is InChI=1S/C16H19NO2S/c1-18-12-8-7-10(9-13(12)19-2)15-11-5-3-4-6-14(11)20-16(15)17/h7-9H,3-6,17H2,1-2H3. The molecule has 106 valence electrons. The van der Waals surface area contributed by atoms with E-state index in [4.69, 9.17) is 15.2 Å². The minimum absolute atomic E-state index is 0.749. The normalized spacial score (nSPS) is 13.9. The average molecular weight is 289 g/mol. The summed E-state index contributed by atoms with van der Waals surface area (Å²) in [5.41, 5.74) is 10.0. The van der Waals surface area contributed by atoms with E-state index >= 15 is 0 Å². The molecule has 0 saturated carbocycles. The van der Waals surface area contributed by atoms with Gasteiger partial charge < -0.3 is 15.2 Å². The van der Waals surface area contributed by atoms with Crippen molar-refractivity contribution < 1.29 is 9.47 Å². The predicted octanol–water partition coefficient (Wildman–Crippen LogP) is 3.89. The summed E-state index contributed by atoms with van der Waals surface area (Å²) in [6.45, 7) is 0. The highest BCUT2D eigenvalue weighted by Crippen LogP contribution is 2.44. The lowest BCUT2D eigenvalue weighted by atomic mass is 9.92. The summed E-state index contributed by atoms with van der Waals surface area (Å²) in [5.74, 6) is 1.50. The Morgan fingerprint density at radius 2 is 1.80 bits per heavy atom. The van der Waals surface area contributed by atoms with Crippen molar-refractivity contribution in [3.05, 3.63) is 28.6 Å². The number of nitrogen functional groups attached to an aromatic ring is 1. The Morgan fingerprint density at radius 3 is 2.55 bits per heavy atom. The first-order valence-electron chi connectivity index (χ1n) is 6.87. The van der Waals surface area contributed by atoms with E-state index in [0.29, 0.717) is 0 Å². The minimum atomic E-state index is 0.749. The molecule has 0 unspecified atom stereocenters. The Kier molecular flexibility index (Phi) is 3.57. The lowest BCUT2D eigenvalue weighted by Gasteiger charge is -2.14. The van der Waals surface area contributed by atoms with Crippen LogP contribution in [0.4, 0.5) is 5.00 Å². The molecule has 1 aliphatic rings. The number of hydrogen-bond donors (Lipinski definition) is 1. The number of hydrogen-bond acceptors (Lipinski definition) is 4. The smallest absolute Gasteiger partial charge is 0.161 e. The van der Waals surface area contributed by atoms with Crippen molar-refractivity contribution >= 4 is 16.3 Å². The van der Waals surface area contributed by atoms with Gasteiger partial charge in [-0.05, 0) is 48.9 Å². The minimum Gasteiger partial charge on any atom is -0.493 e. The molecule has 0 bridgehead atoms. The van der Waals surface area contributed by atoms with E-state index in [1.165, 1.54) is 28.8 Å². The van der Waals surface area contributed by atoms with Crippen LogP contribution < -0.4 is 15.2 Å². The van der Waals surface area contributed by atoms with Crippen molar-refractivity contribution in [3.8, 4) is 22.6 Å². The SMILES string of the molecule is COc1ccc(-c2c(N)sc3c2CCCC3)cc1OC. The molecule has 2 aromatic rings. The van der Waals surface area contributed by atoms with Gasteiger partial charge in [0, 0.05) is 10.4 Å². The maximum absolute atomic E-state index is 6.26. The first-order valence-corrected chi connectivity index (χ1v) is 7.68. The van der Waals surface area contributed by atoms with Gasteiger partial charge in [-0.2, -0.15) is 0 Å². The number of aryl methyl sites for hydroxylation is 1. The number of benzene rings is 1. The molecule has 2 N–H and O–H groups in total. The second kappa shape index (κ2) is 5.37. The Bertz CT molecular complexity index is 634. The lowest BCUT2D eigenvalue weighted by molar-refractivity contribution is 0.355. The quantitative estimate of drug-likeness (QED) is 0.932. The fraction of sp³-hybridized carbons (Fsp3) is 0.375. The van der Waals surface area contributed by atoms with Crippen LogP contribution in [-0.2, 0) is 12.8 Å². The molecule has 1 aromatic heterocycles. The van der Waals surface area contributed by atoms with Crippen LogP contribution in [-0.4, -0.2) is 14.2 Å². The van der Waals surface area contributed by atoms with Crippen LogP contribution in [0.2, 0.25) is 0 Å². The molecule has 4 heteroatoms. The summed E-state index contributed by atoms with van der Waals surface area (Å²) in [5, 5.41) is 0.920. The van der Waals surface area contributed by atoms with Crippen LogP contribution in [0.3, 0.4) is 0 Å². The number of fused-ring (bicyclic) bond motifs is 1. The number of rotatable bonds is 3. The molecule has 0 amide bonds.